The number of fused-ring (bicyclic) bond motifs is 2. The minimum atomic E-state index is -0.529. The van der Waals surface area contributed by atoms with Crippen LogP contribution in [-0.2, 0) is 6.42 Å². The third kappa shape index (κ3) is 4.03. The topological polar surface area (TPSA) is 124 Å². The van der Waals surface area contributed by atoms with Gasteiger partial charge in [0.25, 0.3) is 0 Å². The van der Waals surface area contributed by atoms with Crippen molar-refractivity contribution in [3.8, 4) is 11.3 Å². The zero-order valence-electron chi connectivity index (χ0n) is 17.7. The SMILES string of the molecule is Nc1nc(CCCNc2nc(-c3cccc4ccccc34)cc3nccn23)ccc1[N+](=O)[O-]. The number of aromatic nitrogens is 4. The fraction of sp³-hybridized carbons (Fsp3) is 0.125. The van der Waals surface area contributed by atoms with Gasteiger partial charge in [0, 0.05) is 42.3 Å². The van der Waals surface area contributed by atoms with Crippen molar-refractivity contribution in [1.29, 1.82) is 0 Å². The highest BCUT2D eigenvalue weighted by atomic mass is 16.6. The number of nitrogens with zero attached hydrogens (tertiary/aromatic N) is 5. The number of nitrogen functional groups attached to an aromatic ring is 1. The maximum Gasteiger partial charge on any atom is 0.311 e. The second-order valence-corrected chi connectivity index (χ2v) is 7.64. The summed E-state index contributed by atoms with van der Waals surface area (Å²) in [6, 6.07) is 19.4. The first-order chi connectivity index (χ1) is 16.1. The van der Waals surface area contributed by atoms with Crippen molar-refractivity contribution in [3.05, 3.63) is 88.9 Å². The van der Waals surface area contributed by atoms with Crippen molar-refractivity contribution < 1.29 is 4.92 Å². The highest BCUT2D eigenvalue weighted by molar-refractivity contribution is 5.96. The molecule has 9 heteroatoms. The number of nitro groups is 1. The Labute approximate surface area is 189 Å². The summed E-state index contributed by atoms with van der Waals surface area (Å²) in [5.74, 6) is 0.638. The van der Waals surface area contributed by atoms with E-state index in [-0.39, 0.29) is 11.5 Å². The molecular weight excluding hydrogens is 418 g/mol. The average molecular weight is 439 g/mol. The first kappa shape index (κ1) is 20.4. The first-order valence-corrected chi connectivity index (χ1v) is 10.6. The van der Waals surface area contributed by atoms with Crippen molar-refractivity contribution in [2.24, 2.45) is 0 Å². The summed E-state index contributed by atoms with van der Waals surface area (Å²) in [6.07, 6.45) is 5.00. The Balaban J connectivity index is 1.36. The average Bonchev–Trinajstić information content (AvgIpc) is 3.30. The lowest BCUT2D eigenvalue weighted by atomic mass is 10.0. The van der Waals surface area contributed by atoms with Crippen molar-refractivity contribution in [1.82, 2.24) is 19.4 Å². The Morgan fingerprint density at radius 1 is 1.06 bits per heavy atom. The second-order valence-electron chi connectivity index (χ2n) is 7.64. The molecule has 3 heterocycles. The summed E-state index contributed by atoms with van der Waals surface area (Å²) in [5.41, 5.74) is 8.93. The Bertz CT molecular complexity index is 1470. The summed E-state index contributed by atoms with van der Waals surface area (Å²) < 4.78 is 1.91. The zero-order valence-corrected chi connectivity index (χ0v) is 17.7. The van der Waals surface area contributed by atoms with Crippen LogP contribution in [0.3, 0.4) is 0 Å². The van der Waals surface area contributed by atoms with Crippen LogP contribution in [0.1, 0.15) is 12.1 Å². The van der Waals surface area contributed by atoms with Gasteiger partial charge in [-0.25, -0.2) is 15.0 Å². The molecule has 3 N–H and O–H groups in total. The van der Waals surface area contributed by atoms with E-state index in [1.807, 2.05) is 34.9 Å². The number of imidazole rings is 1. The number of anilines is 2. The maximum atomic E-state index is 10.9. The van der Waals surface area contributed by atoms with Gasteiger partial charge in [0.15, 0.2) is 0 Å². The summed E-state index contributed by atoms with van der Waals surface area (Å²) in [6.45, 7) is 0.637. The molecule has 5 rings (SSSR count). The highest BCUT2D eigenvalue weighted by Crippen LogP contribution is 2.29. The molecule has 0 amide bonds. The Hall–Kier alpha value is -4.53. The molecule has 0 aliphatic rings. The molecule has 0 unspecified atom stereocenters. The van der Waals surface area contributed by atoms with Gasteiger partial charge < -0.3 is 11.1 Å². The molecule has 0 atom stereocenters. The quantitative estimate of drug-likeness (QED) is 0.218. The van der Waals surface area contributed by atoms with Gasteiger partial charge in [0.05, 0.1) is 10.6 Å². The molecule has 0 aliphatic heterocycles. The summed E-state index contributed by atoms with van der Waals surface area (Å²) in [7, 11) is 0. The van der Waals surface area contributed by atoms with Crippen molar-refractivity contribution in [3.63, 3.8) is 0 Å². The van der Waals surface area contributed by atoms with Crippen LogP contribution >= 0.6 is 0 Å². The fourth-order valence-electron chi connectivity index (χ4n) is 3.91. The Morgan fingerprint density at radius 2 is 1.91 bits per heavy atom. The molecule has 164 valence electrons. The van der Waals surface area contributed by atoms with E-state index < -0.39 is 4.92 Å². The minimum absolute atomic E-state index is 0.0601. The predicted molar refractivity (Wildman–Crippen MR) is 128 cm³/mol. The van der Waals surface area contributed by atoms with Gasteiger partial charge in [0.2, 0.25) is 11.8 Å². The van der Waals surface area contributed by atoms with Crippen molar-refractivity contribution in [2.75, 3.05) is 17.6 Å². The number of pyridine rings is 1. The Morgan fingerprint density at radius 3 is 2.76 bits per heavy atom. The van der Waals surface area contributed by atoms with Gasteiger partial charge >= 0.3 is 5.69 Å². The number of benzene rings is 2. The van der Waals surface area contributed by atoms with Crippen molar-refractivity contribution in [2.45, 2.75) is 12.8 Å². The molecule has 0 bridgehead atoms. The van der Waals surface area contributed by atoms with E-state index in [1.165, 1.54) is 6.07 Å². The van der Waals surface area contributed by atoms with Crippen LogP contribution in [0, 0.1) is 10.1 Å². The summed E-state index contributed by atoms with van der Waals surface area (Å²) >= 11 is 0. The van der Waals surface area contributed by atoms with Crippen LogP contribution in [0.15, 0.2) is 73.1 Å². The standard InChI is InChI=1S/C24H21N7O2/c25-23-21(31(32)33)11-10-17(28-23)7-4-12-27-24-29-20(15-22-26-13-14-30(22)24)19-9-3-6-16-5-1-2-8-18(16)19/h1-3,5-6,8-11,13-15H,4,7,12H2,(H2,25,28)(H,27,29). The molecule has 3 aromatic heterocycles. The number of nitrogens with two attached hydrogens (primary N) is 1. The van der Waals surface area contributed by atoms with E-state index >= 15 is 0 Å². The first-order valence-electron chi connectivity index (χ1n) is 10.6. The molecule has 0 fully saturated rings. The lowest BCUT2D eigenvalue weighted by Crippen LogP contribution is -2.10. The summed E-state index contributed by atoms with van der Waals surface area (Å²) in [4.78, 5) is 23.9. The van der Waals surface area contributed by atoms with Crippen molar-refractivity contribution >= 4 is 33.9 Å². The van der Waals surface area contributed by atoms with Gasteiger partial charge in [-0.05, 0) is 29.7 Å². The fourth-order valence-corrected chi connectivity index (χ4v) is 3.91. The van der Waals surface area contributed by atoms with Crippen LogP contribution in [0.5, 0.6) is 0 Å². The molecule has 0 spiro atoms. The van der Waals surface area contributed by atoms with Crippen LogP contribution < -0.4 is 11.1 Å². The predicted octanol–water partition coefficient (Wildman–Crippen LogP) is 4.48. The molecule has 0 saturated carbocycles. The number of rotatable bonds is 7. The van der Waals surface area contributed by atoms with Crippen LogP contribution in [0.25, 0.3) is 27.7 Å². The third-order valence-electron chi connectivity index (χ3n) is 5.50. The van der Waals surface area contributed by atoms with Crippen LogP contribution in [-0.4, -0.2) is 30.8 Å². The number of hydrogen-bond donors (Lipinski definition) is 2. The van der Waals surface area contributed by atoms with E-state index in [0.29, 0.717) is 24.6 Å². The molecule has 9 nitrogen and oxygen atoms in total. The normalized spacial score (nSPS) is 11.2. The van der Waals surface area contributed by atoms with E-state index in [0.717, 1.165) is 34.1 Å². The second kappa shape index (κ2) is 8.54. The van der Waals surface area contributed by atoms with Gasteiger partial charge in [-0.15, -0.1) is 0 Å². The minimum Gasteiger partial charge on any atom is -0.378 e. The van der Waals surface area contributed by atoms with E-state index in [4.69, 9.17) is 10.7 Å². The molecular formula is C24H21N7O2. The third-order valence-corrected chi connectivity index (χ3v) is 5.50. The molecule has 0 aliphatic carbocycles. The zero-order chi connectivity index (χ0) is 22.8. The summed E-state index contributed by atoms with van der Waals surface area (Å²) in [5, 5.41) is 16.6. The van der Waals surface area contributed by atoms with Crippen LogP contribution in [0.2, 0.25) is 0 Å². The van der Waals surface area contributed by atoms with Gasteiger partial charge in [-0.3, -0.25) is 14.5 Å². The van der Waals surface area contributed by atoms with Gasteiger partial charge in [-0.2, -0.15) is 0 Å². The number of nitrogens with one attached hydrogen (secondary N) is 1. The van der Waals surface area contributed by atoms with E-state index in [9.17, 15) is 10.1 Å². The number of hydrogen-bond acceptors (Lipinski definition) is 7. The van der Waals surface area contributed by atoms with Gasteiger partial charge in [0.1, 0.15) is 5.65 Å². The molecule has 5 aromatic rings. The van der Waals surface area contributed by atoms with E-state index in [2.05, 4.69) is 39.6 Å². The largest absolute Gasteiger partial charge is 0.378 e. The Kier molecular flexibility index (Phi) is 5.27. The van der Waals surface area contributed by atoms with Crippen LogP contribution in [0.4, 0.5) is 17.5 Å². The lowest BCUT2D eigenvalue weighted by Gasteiger charge is -2.12. The molecule has 0 radical (unpaired) electrons. The number of aryl methyl sites for hydroxylation is 1. The molecule has 0 saturated heterocycles. The lowest BCUT2D eigenvalue weighted by molar-refractivity contribution is -0.384. The monoisotopic (exact) mass is 439 g/mol. The molecule has 2 aromatic carbocycles. The maximum absolute atomic E-state index is 10.9. The van der Waals surface area contributed by atoms with E-state index in [1.54, 1.807) is 12.3 Å². The highest BCUT2D eigenvalue weighted by Gasteiger charge is 2.13. The smallest absolute Gasteiger partial charge is 0.311 e. The molecule has 33 heavy (non-hydrogen) atoms. The van der Waals surface area contributed by atoms with Gasteiger partial charge in [-0.1, -0.05) is 42.5 Å².